The first kappa shape index (κ1) is 14.3. The Balaban J connectivity index is 1.72. The Bertz CT molecular complexity index is 606. The molecule has 0 aliphatic heterocycles. The summed E-state index contributed by atoms with van der Waals surface area (Å²) in [6.45, 7) is 4.12. The van der Waals surface area contributed by atoms with E-state index in [0.717, 1.165) is 18.4 Å². The molecule has 3 unspecified atom stereocenters. The normalized spacial score (nSPS) is 25.6. The van der Waals surface area contributed by atoms with Crippen molar-refractivity contribution < 1.29 is 5.11 Å². The van der Waals surface area contributed by atoms with Gasteiger partial charge in [-0.15, -0.1) is 0 Å². The summed E-state index contributed by atoms with van der Waals surface area (Å²) in [5.74, 6) is 0. The average Bonchev–Trinajstić information content (AvgIpc) is 2.72. The summed E-state index contributed by atoms with van der Waals surface area (Å²) in [6, 6.07) is 19.4. The molecule has 2 aromatic rings. The van der Waals surface area contributed by atoms with Gasteiger partial charge in [0.15, 0.2) is 0 Å². The SMILES string of the molecule is CC(Cc1ccccc1)NC1CC(C)(O)c2ccccc21. The lowest BCUT2D eigenvalue weighted by molar-refractivity contribution is 0.0506. The standard InChI is InChI=1S/C19H23NO/c1-14(12-15-8-4-3-5-9-15)20-18-13-19(2,21)17-11-7-6-10-16(17)18/h3-11,14,18,20-21H,12-13H2,1-2H3. The summed E-state index contributed by atoms with van der Waals surface area (Å²) < 4.78 is 0. The lowest BCUT2D eigenvalue weighted by Crippen LogP contribution is -2.32. The van der Waals surface area contributed by atoms with Crippen LogP contribution in [-0.2, 0) is 12.0 Å². The van der Waals surface area contributed by atoms with Gasteiger partial charge >= 0.3 is 0 Å². The van der Waals surface area contributed by atoms with Crippen molar-refractivity contribution in [2.45, 2.75) is 44.4 Å². The van der Waals surface area contributed by atoms with Crippen LogP contribution in [-0.4, -0.2) is 11.1 Å². The zero-order chi connectivity index (χ0) is 14.9. The maximum absolute atomic E-state index is 10.6. The second kappa shape index (κ2) is 5.63. The Morgan fingerprint density at radius 2 is 1.81 bits per heavy atom. The summed E-state index contributed by atoms with van der Waals surface area (Å²) in [4.78, 5) is 0. The van der Waals surface area contributed by atoms with Gasteiger partial charge in [0.05, 0.1) is 5.60 Å². The van der Waals surface area contributed by atoms with Crippen molar-refractivity contribution >= 4 is 0 Å². The molecule has 2 aromatic carbocycles. The molecular weight excluding hydrogens is 258 g/mol. The molecule has 0 bridgehead atoms. The van der Waals surface area contributed by atoms with Gasteiger partial charge in [0.2, 0.25) is 0 Å². The smallest absolute Gasteiger partial charge is 0.0889 e. The summed E-state index contributed by atoms with van der Waals surface area (Å²) >= 11 is 0. The summed E-state index contributed by atoms with van der Waals surface area (Å²) in [7, 11) is 0. The molecule has 2 heteroatoms. The van der Waals surface area contributed by atoms with E-state index in [-0.39, 0.29) is 6.04 Å². The van der Waals surface area contributed by atoms with Crippen molar-refractivity contribution in [3.8, 4) is 0 Å². The molecule has 2 N–H and O–H groups in total. The molecule has 110 valence electrons. The highest BCUT2D eigenvalue weighted by molar-refractivity contribution is 5.39. The summed E-state index contributed by atoms with van der Waals surface area (Å²) in [5.41, 5.74) is 2.92. The second-order valence-corrected chi connectivity index (χ2v) is 6.38. The topological polar surface area (TPSA) is 32.3 Å². The van der Waals surface area contributed by atoms with E-state index in [1.165, 1.54) is 11.1 Å². The van der Waals surface area contributed by atoms with Crippen LogP contribution >= 0.6 is 0 Å². The van der Waals surface area contributed by atoms with E-state index in [1.54, 1.807) is 0 Å². The molecule has 0 aromatic heterocycles. The van der Waals surface area contributed by atoms with Crippen LogP contribution in [0.3, 0.4) is 0 Å². The third kappa shape index (κ3) is 3.02. The van der Waals surface area contributed by atoms with Crippen LogP contribution < -0.4 is 5.32 Å². The summed E-state index contributed by atoms with van der Waals surface area (Å²) in [5, 5.41) is 14.3. The van der Waals surface area contributed by atoms with Crippen molar-refractivity contribution in [2.24, 2.45) is 0 Å². The van der Waals surface area contributed by atoms with Crippen molar-refractivity contribution in [3.63, 3.8) is 0 Å². The predicted octanol–water partition coefficient (Wildman–Crippen LogP) is 3.56. The van der Waals surface area contributed by atoms with E-state index in [1.807, 2.05) is 25.1 Å². The Hall–Kier alpha value is -1.64. The Morgan fingerprint density at radius 3 is 2.57 bits per heavy atom. The van der Waals surface area contributed by atoms with Crippen LogP contribution in [0.4, 0.5) is 0 Å². The molecule has 0 saturated heterocycles. The molecule has 0 heterocycles. The molecule has 3 rings (SSSR count). The minimum atomic E-state index is -0.722. The van der Waals surface area contributed by atoms with Crippen LogP contribution in [0.15, 0.2) is 54.6 Å². The number of hydrogen-bond acceptors (Lipinski definition) is 2. The van der Waals surface area contributed by atoms with Gasteiger partial charge in [-0.25, -0.2) is 0 Å². The monoisotopic (exact) mass is 281 g/mol. The molecule has 2 nitrogen and oxygen atoms in total. The third-order valence-electron chi connectivity index (χ3n) is 4.39. The molecule has 0 amide bonds. The van der Waals surface area contributed by atoms with Gasteiger partial charge in [0, 0.05) is 12.1 Å². The fourth-order valence-electron chi connectivity index (χ4n) is 3.43. The number of aliphatic hydroxyl groups is 1. The first-order chi connectivity index (χ1) is 10.1. The summed E-state index contributed by atoms with van der Waals surface area (Å²) in [6.07, 6.45) is 1.74. The van der Waals surface area contributed by atoms with Gasteiger partial charge in [0.25, 0.3) is 0 Å². The highest BCUT2D eigenvalue weighted by Gasteiger charge is 2.38. The molecule has 1 aliphatic carbocycles. The van der Waals surface area contributed by atoms with Crippen LogP contribution in [0, 0.1) is 0 Å². The molecule has 0 radical (unpaired) electrons. The third-order valence-corrected chi connectivity index (χ3v) is 4.39. The fraction of sp³-hybridized carbons (Fsp3) is 0.368. The first-order valence-corrected chi connectivity index (χ1v) is 7.68. The van der Waals surface area contributed by atoms with Crippen molar-refractivity contribution in [1.82, 2.24) is 5.32 Å². The Labute approximate surface area is 126 Å². The van der Waals surface area contributed by atoms with Gasteiger partial charge in [-0.3, -0.25) is 0 Å². The van der Waals surface area contributed by atoms with Gasteiger partial charge in [-0.2, -0.15) is 0 Å². The van der Waals surface area contributed by atoms with E-state index in [4.69, 9.17) is 0 Å². The van der Waals surface area contributed by atoms with Crippen molar-refractivity contribution in [1.29, 1.82) is 0 Å². The van der Waals surface area contributed by atoms with Gasteiger partial charge < -0.3 is 10.4 Å². The van der Waals surface area contributed by atoms with E-state index >= 15 is 0 Å². The highest BCUT2D eigenvalue weighted by atomic mass is 16.3. The van der Waals surface area contributed by atoms with Gasteiger partial charge in [-0.05, 0) is 43.4 Å². The molecule has 1 aliphatic rings. The second-order valence-electron chi connectivity index (χ2n) is 6.38. The van der Waals surface area contributed by atoms with Gasteiger partial charge in [0.1, 0.15) is 0 Å². The Kier molecular flexibility index (Phi) is 3.83. The van der Waals surface area contributed by atoms with Crippen molar-refractivity contribution in [2.75, 3.05) is 0 Å². The minimum absolute atomic E-state index is 0.231. The van der Waals surface area contributed by atoms with Crippen LogP contribution in [0.25, 0.3) is 0 Å². The maximum Gasteiger partial charge on any atom is 0.0889 e. The molecule has 0 spiro atoms. The van der Waals surface area contributed by atoms with E-state index < -0.39 is 5.60 Å². The highest BCUT2D eigenvalue weighted by Crippen LogP contribution is 2.42. The number of hydrogen-bond donors (Lipinski definition) is 2. The largest absolute Gasteiger partial charge is 0.385 e. The lowest BCUT2D eigenvalue weighted by Gasteiger charge is -2.22. The molecule has 21 heavy (non-hydrogen) atoms. The number of rotatable bonds is 4. The predicted molar refractivity (Wildman–Crippen MR) is 86.1 cm³/mol. The zero-order valence-corrected chi connectivity index (χ0v) is 12.7. The number of benzene rings is 2. The number of nitrogens with one attached hydrogen (secondary N) is 1. The van der Waals surface area contributed by atoms with Gasteiger partial charge in [-0.1, -0.05) is 54.6 Å². The quantitative estimate of drug-likeness (QED) is 0.898. The molecule has 0 saturated carbocycles. The zero-order valence-electron chi connectivity index (χ0n) is 12.7. The first-order valence-electron chi connectivity index (χ1n) is 7.68. The van der Waals surface area contributed by atoms with Crippen LogP contribution in [0.2, 0.25) is 0 Å². The number of fused-ring (bicyclic) bond motifs is 1. The molecule has 3 atom stereocenters. The lowest BCUT2D eigenvalue weighted by atomic mass is 9.99. The van der Waals surface area contributed by atoms with E-state index in [0.29, 0.717) is 6.04 Å². The Morgan fingerprint density at radius 1 is 1.14 bits per heavy atom. The minimum Gasteiger partial charge on any atom is -0.385 e. The maximum atomic E-state index is 10.6. The van der Waals surface area contributed by atoms with E-state index in [9.17, 15) is 5.11 Å². The van der Waals surface area contributed by atoms with Crippen molar-refractivity contribution in [3.05, 3.63) is 71.3 Å². The van der Waals surface area contributed by atoms with E-state index in [2.05, 4.69) is 48.6 Å². The van der Waals surface area contributed by atoms with Crippen LogP contribution in [0.5, 0.6) is 0 Å². The fourth-order valence-corrected chi connectivity index (χ4v) is 3.43. The average molecular weight is 281 g/mol. The molecule has 0 fully saturated rings. The van der Waals surface area contributed by atoms with Crippen LogP contribution in [0.1, 0.15) is 43.0 Å². The molecular formula is C19H23NO.